The largest absolute Gasteiger partial charge is 0.455 e. The zero-order chi connectivity index (χ0) is 20.5. The average Bonchev–Trinajstić information content (AvgIpc) is 2.69. The van der Waals surface area contributed by atoms with Gasteiger partial charge in [0.2, 0.25) is 0 Å². The molecular weight excluding hydrogens is 372 g/mol. The van der Waals surface area contributed by atoms with Crippen molar-refractivity contribution in [2.24, 2.45) is 5.92 Å². The quantitative estimate of drug-likeness (QED) is 0.391. The average molecular weight is 397 g/mol. The van der Waals surface area contributed by atoms with Crippen LogP contribution < -0.4 is 5.32 Å². The van der Waals surface area contributed by atoms with Crippen LogP contribution in [0.2, 0.25) is 0 Å². The fourth-order valence-corrected chi connectivity index (χ4v) is 3.38. The number of benzene rings is 2. The molecule has 146 valence electrons. The number of nitrogens with one attached hydrogen (secondary N) is 1. The third-order valence-corrected chi connectivity index (χ3v) is 5.19. The third-order valence-electron chi connectivity index (χ3n) is 4.61. The van der Waals surface area contributed by atoms with Gasteiger partial charge < -0.3 is 10.1 Å². The van der Waals surface area contributed by atoms with Crippen molar-refractivity contribution in [3.8, 4) is 5.40 Å². The first-order valence-electron chi connectivity index (χ1n) is 9.14. The van der Waals surface area contributed by atoms with Crippen molar-refractivity contribution >= 4 is 29.3 Å². The van der Waals surface area contributed by atoms with Gasteiger partial charge >= 0.3 is 5.97 Å². The molecule has 2 aromatic rings. The molecule has 5 nitrogen and oxygen atoms in total. The lowest BCUT2D eigenvalue weighted by molar-refractivity contribution is -0.150. The summed E-state index contributed by atoms with van der Waals surface area (Å²) in [5.41, 5.74) is 2.36. The SMILES string of the molecule is CC[C@H](C)[C@@H](C(=O)OCC(=O)Nc1ccc(SC#N)cc1C)c1ccccc1. The van der Waals surface area contributed by atoms with E-state index in [1.807, 2.05) is 62.6 Å². The van der Waals surface area contributed by atoms with Crippen LogP contribution in [0.3, 0.4) is 0 Å². The van der Waals surface area contributed by atoms with Crippen LogP contribution in [0, 0.1) is 23.5 Å². The molecule has 0 heterocycles. The van der Waals surface area contributed by atoms with Crippen LogP contribution >= 0.6 is 11.8 Å². The maximum absolute atomic E-state index is 12.6. The number of rotatable bonds is 8. The Labute approximate surface area is 170 Å². The summed E-state index contributed by atoms with van der Waals surface area (Å²) in [5.74, 6) is -1.09. The van der Waals surface area contributed by atoms with Gasteiger partial charge in [-0.15, -0.1) is 0 Å². The van der Waals surface area contributed by atoms with Crippen LogP contribution in [0.15, 0.2) is 53.4 Å². The molecule has 2 rings (SSSR count). The van der Waals surface area contributed by atoms with Gasteiger partial charge in [0.25, 0.3) is 5.91 Å². The Kier molecular flexibility index (Phi) is 8.09. The van der Waals surface area contributed by atoms with Gasteiger partial charge in [0.05, 0.1) is 5.92 Å². The number of nitrogens with zero attached hydrogens (tertiary/aromatic N) is 1. The molecule has 0 fully saturated rings. The minimum atomic E-state index is -0.400. The van der Waals surface area contributed by atoms with Crippen molar-refractivity contribution in [3.63, 3.8) is 0 Å². The molecule has 1 amide bonds. The minimum Gasteiger partial charge on any atom is -0.455 e. The molecule has 0 saturated heterocycles. The number of amides is 1. The van der Waals surface area contributed by atoms with Gasteiger partial charge in [0.1, 0.15) is 5.40 Å². The summed E-state index contributed by atoms with van der Waals surface area (Å²) < 4.78 is 5.32. The number of hydrogen-bond acceptors (Lipinski definition) is 5. The fraction of sp³-hybridized carbons (Fsp3) is 0.318. The molecule has 6 heteroatoms. The predicted octanol–water partition coefficient (Wildman–Crippen LogP) is 4.88. The minimum absolute atomic E-state index is 0.102. The zero-order valence-corrected chi connectivity index (χ0v) is 17.1. The molecule has 0 aromatic heterocycles. The molecule has 0 unspecified atom stereocenters. The van der Waals surface area contributed by atoms with Crippen LogP contribution in [0.5, 0.6) is 0 Å². The second-order valence-electron chi connectivity index (χ2n) is 6.60. The topological polar surface area (TPSA) is 79.2 Å². The van der Waals surface area contributed by atoms with E-state index in [-0.39, 0.29) is 12.5 Å². The molecule has 0 radical (unpaired) electrons. The summed E-state index contributed by atoms with van der Waals surface area (Å²) in [6, 6.07) is 14.8. The number of carbonyl (C=O) groups excluding carboxylic acids is 2. The van der Waals surface area contributed by atoms with Crippen molar-refractivity contribution in [3.05, 3.63) is 59.7 Å². The van der Waals surface area contributed by atoms with E-state index in [0.717, 1.165) is 34.2 Å². The fourth-order valence-electron chi connectivity index (χ4n) is 2.90. The Bertz CT molecular complexity index is 862. The van der Waals surface area contributed by atoms with E-state index in [1.54, 1.807) is 12.1 Å². The number of ether oxygens (including phenoxy) is 1. The van der Waals surface area contributed by atoms with E-state index in [1.165, 1.54) is 0 Å². The smallest absolute Gasteiger partial charge is 0.314 e. The van der Waals surface area contributed by atoms with Crippen LogP contribution in [0.4, 0.5) is 5.69 Å². The monoisotopic (exact) mass is 396 g/mol. The van der Waals surface area contributed by atoms with E-state index in [2.05, 4.69) is 5.32 Å². The van der Waals surface area contributed by atoms with Gasteiger partial charge in [0.15, 0.2) is 6.61 Å². The van der Waals surface area contributed by atoms with E-state index < -0.39 is 17.8 Å². The van der Waals surface area contributed by atoms with E-state index in [4.69, 9.17) is 10.00 Å². The van der Waals surface area contributed by atoms with E-state index >= 15 is 0 Å². The molecule has 2 atom stereocenters. The second-order valence-corrected chi connectivity index (χ2v) is 7.46. The lowest BCUT2D eigenvalue weighted by Crippen LogP contribution is -2.27. The number of thiocyanates is 1. The highest BCUT2D eigenvalue weighted by Gasteiger charge is 2.27. The molecule has 0 aliphatic rings. The van der Waals surface area contributed by atoms with Crippen LogP contribution in [0.1, 0.15) is 37.3 Å². The maximum Gasteiger partial charge on any atom is 0.314 e. The number of nitriles is 1. The highest BCUT2D eigenvalue weighted by Crippen LogP contribution is 2.28. The van der Waals surface area contributed by atoms with Crippen LogP contribution in [0.25, 0.3) is 0 Å². The standard InChI is InChI=1S/C22H24N2O3S/c1-4-15(2)21(17-8-6-5-7-9-17)22(26)27-13-20(25)24-19-11-10-18(28-14-23)12-16(19)3/h5-12,15,21H,4,13H2,1-3H3,(H,24,25)/t15-,21+/m0/s1. The molecular formula is C22H24N2O3S. The van der Waals surface area contributed by atoms with Gasteiger partial charge in [0, 0.05) is 10.6 Å². The molecule has 0 spiro atoms. The summed E-state index contributed by atoms with van der Waals surface area (Å²) in [7, 11) is 0. The number of thioether (sulfide) groups is 1. The predicted molar refractivity (Wildman–Crippen MR) is 111 cm³/mol. The highest BCUT2D eigenvalue weighted by molar-refractivity contribution is 8.03. The molecule has 0 aliphatic carbocycles. The Morgan fingerprint density at radius 1 is 1.21 bits per heavy atom. The molecule has 28 heavy (non-hydrogen) atoms. The normalized spacial score (nSPS) is 12.5. The second kappa shape index (κ2) is 10.5. The Balaban J connectivity index is 1.99. The third kappa shape index (κ3) is 5.86. The molecule has 0 aliphatic heterocycles. The highest BCUT2D eigenvalue weighted by atomic mass is 32.2. The summed E-state index contributed by atoms with van der Waals surface area (Å²) in [5, 5.41) is 13.5. The molecule has 0 saturated carbocycles. The van der Waals surface area contributed by atoms with Crippen LogP contribution in [-0.2, 0) is 14.3 Å². The lowest BCUT2D eigenvalue weighted by atomic mass is 9.86. The molecule has 2 aromatic carbocycles. The maximum atomic E-state index is 12.6. The first kappa shape index (κ1) is 21.5. The zero-order valence-electron chi connectivity index (χ0n) is 16.3. The summed E-state index contributed by atoms with van der Waals surface area (Å²) >= 11 is 1.06. The number of anilines is 1. The summed E-state index contributed by atoms with van der Waals surface area (Å²) in [6.45, 7) is 5.53. The van der Waals surface area contributed by atoms with Gasteiger partial charge in [-0.3, -0.25) is 9.59 Å². The summed E-state index contributed by atoms with van der Waals surface area (Å²) in [6.07, 6.45) is 0.826. The lowest BCUT2D eigenvalue weighted by Gasteiger charge is -2.21. The number of aryl methyl sites for hydroxylation is 1. The first-order chi connectivity index (χ1) is 13.5. The van der Waals surface area contributed by atoms with Crippen molar-refractivity contribution in [1.29, 1.82) is 5.26 Å². The van der Waals surface area contributed by atoms with Gasteiger partial charge in [-0.05, 0) is 53.9 Å². The van der Waals surface area contributed by atoms with E-state index in [9.17, 15) is 9.59 Å². The molecule has 1 N–H and O–H groups in total. The Morgan fingerprint density at radius 3 is 2.54 bits per heavy atom. The van der Waals surface area contributed by atoms with Crippen molar-refractivity contribution in [1.82, 2.24) is 0 Å². The van der Waals surface area contributed by atoms with Gasteiger partial charge in [-0.2, -0.15) is 5.26 Å². The Hall–Kier alpha value is -2.78. The number of carbonyl (C=O) groups is 2. The van der Waals surface area contributed by atoms with Gasteiger partial charge in [-0.25, -0.2) is 0 Å². The Morgan fingerprint density at radius 2 is 1.93 bits per heavy atom. The van der Waals surface area contributed by atoms with Crippen molar-refractivity contribution in [2.45, 2.75) is 38.0 Å². The molecule has 0 bridgehead atoms. The van der Waals surface area contributed by atoms with E-state index in [0.29, 0.717) is 5.69 Å². The number of hydrogen-bond donors (Lipinski definition) is 1. The first-order valence-corrected chi connectivity index (χ1v) is 9.96. The number of esters is 1. The van der Waals surface area contributed by atoms with Crippen molar-refractivity contribution in [2.75, 3.05) is 11.9 Å². The van der Waals surface area contributed by atoms with Gasteiger partial charge in [-0.1, -0.05) is 50.6 Å². The van der Waals surface area contributed by atoms with Crippen molar-refractivity contribution < 1.29 is 14.3 Å². The summed E-state index contributed by atoms with van der Waals surface area (Å²) in [4.78, 5) is 25.7. The van der Waals surface area contributed by atoms with Crippen LogP contribution in [-0.4, -0.2) is 18.5 Å².